The summed E-state index contributed by atoms with van der Waals surface area (Å²) in [5, 5.41) is 0. The van der Waals surface area contributed by atoms with Gasteiger partial charge in [-0.25, -0.2) is 9.59 Å². The molecule has 0 aromatic heterocycles. The summed E-state index contributed by atoms with van der Waals surface area (Å²) in [7, 11) is 3.54. The van der Waals surface area contributed by atoms with E-state index < -0.39 is 47.2 Å². The summed E-state index contributed by atoms with van der Waals surface area (Å²) in [5.41, 5.74) is -0.869. The normalized spacial score (nSPS) is 19.8. The van der Waals surface area contributed by atoms with Crippen molar-refractivity contribution in [2.45, 2.75) is 80.4 Å². The Morgan fingerprint density at radius 2 is 1.26 bits per heavy atom. The third-order valence-electron chi connectivity index (χ3n) is 5.68. The highest BCUT2D eigenvalue weighted by Crippen LogP contribution is 2.22. The number of likely N-dealkylation sites (tertiary alicyclic amines) is 2. The monoisotopic (exact) mass is 613 g/mol. The number of hydrogen-bond donors (Lipinski definition) is 0. The van der Waals surface area contributed by atoms with Crippen molar-refractivity contribution in [2.75, 3.05) is 53.5 Å². The fourth-order valence-electron chi connectivity index (χ4n) is 3.96. The summed E-state index contributed by atoms with van der Waals surface area (Å²) in [6.07, 6.45) is 0.714. The van der Waals surface area contributed by atoms with E-state index in [1.165, 1.54) is 9.80 Å². The number of amides is 2. The van der Waals surface area contributed by atoms with Gasteiger partial charge in [-0.05, 0) is 55.4 Å². The van der Waals surface area contributed by atoms with E-state index in [-0.39, 0.29) is 64.8 Å². The van der Waals surface area contributed by atoms with Gasteiger partial charge in [-0.1, -0.05) is 7.43 Å². The molecule has 246 valence electrons. The first kappa shape index (κ1) is 39.4. The van der Waals surface area contributed by atoms with E-state index in [1.54, 1.807) is 80.6 Å². The van der Waals surface area contributed by atoms with E-state index in [0.29, 0.717) is 5.57 Å². The van der Waals surface area contributed by atoms with Crippen molar-refractivity contribution in [2.24, 2.45) is 11.8 Å². The summed E-state index contributed by atoms with van der Waals surface area (Å²) >= 11 is 0. The molecule has 2 unspecified atom stereocenters. The molecule has 2 rings (SSSR count). The van der Waals surface area contributed by atoms with Gasteiger partial charge in [0.25, 0.3) is 0 Å². The van der Waals surface area contributed by atoms with Crippen molar-refractivity contribution >= 4 is 35.7 Å². The first-order valence-corrected chi connectivity index (χ1v) is 14.0. The fraction of sp³-hybridized carbons (Fsp3) is 0.733. The zero-order valence-electron chi connectivity index (χ0n) is 26.6. The lowest BCUT2D eigenvalue weighted by Crippen LogP contribution is -2.50. The van der Waals surface area contributed by atoms with Gasteiger partial charge in [0.2, 0.25) is 0 Å². The molecule has 2 saturated heterocycles. The van der Waals surface area contributed by atoms with Gasteiger partial charge in [0.1, 0.15) is 23.0 Å². The van der Waals surface area contributed by atoms with Crippen LogP contribution in [0.25, 0.3) is 0 Å². The SMILES string of the molecule is C.CCOC(=O)C1CN(C(=O)OC(C)(C)C)CC(=CN(C)C)C1=O.CCOC(=O)C1CN(C(=O)OC(C)(C)C)CCC1=O. The molecule has 0 aromatic carbocycles. The molecule has 0 aliphatic carbocycles. The molecular weight excluding hydrogens is 562 g/mol. The molecule has 43 heavy (non-hydrogen) atoms. The van der Waals surface area contributed by atoms with Gasteiger partial charge in [0.05, 0.1) is 19.8 Å². The standard InChI is InChI=1S/C16H26N2O5.C13H21NO5.CH4/c1-7-22-14(20)12-10-18(15(21)23-16(2,3)4)9-11(13(12)19)8-17(5)6;1-5-18-11(16)9-8-14(7-6-10(9)15)12(17)19-13(2,3)4;/h8,12H,7,9-10H2,1-6H3;9H,5-8H2,1-4H3;1H4. The molecule has 13 nitrogen and oxygen atoms in total. The molecule has 13 heteroatoms. The number of carbonyl (C=O) groups excluding carboxylic acids is 6. The molecule has 2 aliphatic heterocycles. The lowest BCUT2D eigenvalue weighted by atomic mass is 9.93. The number of carbonyl (C=O) groups is 6. The number of Topliss-reactive ketones (excluding diaryl/α,β-unsaturated/α-hetero) is 2. The number of rotatable bonds is 5. The smallest absolute Gasteiger partial charge is 0.410 e. The van der Waals surface area contributed by atoms with Gasteiger partial charge >= 0.3 is 24.1 Å². The molecule has 2 fully saturated rings. The lowest BCUT2D eigenvalue weighted by Gasteiger charge is -2.34. The minimum atomic E-state index is -1.01. The highest BCUT2D eigenvalue weighted by molar-refractivity contribution is 6.10. The molecule has 0 radical (unpaired) electrons. The van der Waals surface area contributed by atoms with Crippen molar-refractivity contribution in [3.8, 4) is 0 Å². The quantitative estimate of drug-likeness (QED) is 0.194. The Kier molecular flexibility index (Phi) is 15.4. The van der Waals surface area contributed by atoms with E-state index in [2.05, 4.69) is 0 Å². The first-order valence-electron chi connectivity index (χ1n) is 14.0. The second-order valence-corrected chi connectivity index (χ2v) is 12.1. The number of nitrogens with zero attached hydrogens (tertiary/aromatic N) is 3. The second kappa shape index (κ2) is 16.9. The highest BCUT2D eigenvalue weighted by Gasteiger charge is 2.40. The summed E-state index contributed by atoms with van der Waals surface area (Å²) in [6, 6.07) is 0. The van der Waals surface area contributed by atoms with Gasteiger partial charge in [0.15, 0.2) is 11.6 Å². The van der Waals surface area contributed by atoms with Crippen LogP contribution in [0, 0.1) is 11.8 Å². The summed E-state index contributed by atoms with van der Waals surface area (Å²) in [4.78, 5) is 76.4. The maximum absolute atomic E-state index is 12.5. The van der Waals surface area contributed by atoms with Crippen molar-refractivity contribution in [3.05, 3.63) is 11.8 Å². The Labute approximate surface area is 255 Å². The van der Waals surface area contributed by atoms with E-state index in [9.17, 15) is 28.8 Å². The van der Waals surface area contributed by atoms with E-state index in [1.807, 2.05) is 0 Å². The van der Waals surface area contributed by atoms with Crippen molar-refractivity contribution in [3.63, 3.8) is 0 Å². The van der Waals surface area contributed by atoms with Crippen LogP contribution in [0.1, 0.15) is 69.2 Å². The first-order chi connectivity index (χ1) is 19.3. The minimum Gasteiger partial charge on any atom is -0.465 e. The highest BCUT2D eigenvalue weighted by atomic mass is 16.6. The average Bonchev–Trinajstić information content (AvgIpc) is 2.83. The molecule has 2 atom stereocenters. The van der Waals surface area contributed by atoms with Gasteiger partial charge in [-0.2, -0.15) is 0 Å². The fourth-order valence-corrected chi connectivity index (χ4v) is 3.96. The molecule has 2 heterocycles. The van der Waals surface area contributed by atoms with Crippen LogP contribution in [0.3, 0.4) is 0 Å². The lowest BCUT2D eigenvalue weighted by molar-refractivity contribution is -0.154. The van der Waals surface area contributed by atoms with Crippen molar-refractivity contribution in [1.82, 2.24) is 14.7 Å². The van der Waals surface area contributed by atoms with Crippen LogP contribution in [0.4, 0.5) is 9.59 Å². The number of hydrogen-bond acceptors (Lipinski definition) is 11. The van der Waals surface area contributed by atoms with Gasteiger partial charge in [0, 0.05) is 51.9 Å². The van der Waals surface area contributed by atoms with Gasteiger partial charge in [-0.15, -0.1) is 0 Å². The summed E-state index contributed by atoms with van der Waals surface area (Å²) in [6.45, 7) is 14.7. The Morgan fingerprint density at radius 3 is 1.70 bits per heavy atom. The second-order valence-electron chi connectivity index (χ2n) is 12.1. The van der Waals surface area contributed by atoms with E-state index >= 15 is 0 Å². The zero-order chi connectivity index (χ0) is 32.4. The van der Waals surface area contributed by atoms with Crippen LogP contribution in [0.5, 0.6) is 0 Å². The number of esters is 2. The molecule has 2 amide bonds. The summed E-state index contributed by atoms with van der Waals surface area (Å²) in [5.74, 6) is -3.57. The summed E-state index contributed by atoms with van der Waals surface area (Å²) < 4.78 is 20.4. The molecule has 0 aromatic rings. The Bertz CT molecular complexity index is 1040. The molecule has 0 bridgehead atoms. The number of piperidine rings is 2. The molecule has 0 spiro atoms. The Balaban J connectivity index is 0.000000815. The maximum atomic E-state index is 12.5. The molecule has 0 saturated carbocycles. The topological polar surface area (TPSA) is 149 Å². The minimum absolute atomic E-state index is 0. The number of ketones is 2. The third kappa shape index (κ3) is 13.5. The predicted octanol–water partition coefficient (Wildman–Crippen LogP) is 3.44. The molecule has 0 N–H and O–H groups in total. The third-order valence-corrected chi connectivity index (χ3v) is 5.68. The van der Waals surface area contributed by atoms with Crippen LogP contribution in [-0.2, 0) is 38.1 Å². The predicted molar refractivity (Wildman–Crippen MR) is 159 cm³/mol. The number of ether oxygens (including phenoxy) is 4. The van der Waals surface area contributed by atoms with Gasteiger partial charge in [-0.3, -0.25) is 19.2 Å². The van der Waals surface area contributed by atoms with Crippen molar-refractivity contribution in [1.29, 1.82) is 0 Å². The van der Waals surface area contributed by atoms with E-state index in [0.717, 1.165) is 0 Å². The molecular formula is C30H51N3O10. The zero-order valence-corrected chi connectivity index (χ0v) is 26.6. The van der Waals surface area contributed by atoms with Crippen LogP contribution in [0.2, 0.25) is 0 Å². The van der Waals surface area contributed by atoms with Crippen LogP contribution >= 0.6 is 0 Å². The van der Waals surface area contributed by atoms with Crippen LogP contribution in [-0.4, -0.2) is 115 Å². The largest absolute Gasteiger partial charge is 0.465 e. The van der Waals surface area contributed by atoms with Crippen LogP contribution in [0.15, 0.2) is 11.8 Å². The Hall–Kier alpha value is -3.64. The maximum Gasteiger partial charge on any atom is 0.410 e. The average molecular weight is 614 g/mol. The Morgan fingerprint density at radius 1 is 0.814 bits per heavy atom. The van der Waals surface area contributed by atoms with Crippen molar-refractivity contribution < 1.29 is 47.7 Å². The van der Waals surface area contributed by atoms with Crippen LogP contribution < -0.4 is 0 Å². The van der Waals surface area contributed by atoms with Gasteiger partial charge < -0.3 is 33.6 Å². The van der Waals surface area contributed by atoms with E-state index in [4.69, 9.17) is 18.9 Å². The molecule has 2 aliphatic rings.